The van der Waals surface area contributed by atoms with Gasteiger partial charge >= 0.3 is 10.4 Å². The van der Waals surface area contributed by atoms with Gasteiger partial charge in [0.2, 0.25) is 0 Å². The minimum atomic E-state index is -4.97. The van der Waals surface area contributed by atoms with Crippen LogP contribution in [0.1, 0.15) is 0 Å². The van der Waals surface area contributed by atoms with Gasteiger partial charge in [0.1, 0.15) is 42.0 Å². The van der Waals surface area contributed by atoms with Crippen LogP contribution in [-0.2, 0) is 25.5 Å². The molecule has 1 rings (SSSR count). The van der Waals surface area contributed by atoms with Gasteiger partial charge in [0.05, 0.1) is 13.2 Å². The predicted octanol–water partition coefficient (Wildman–Crippen LogP) is -4.40. The molecule has 0 saturated carbocycles. The van der Waals surface area contributed by atoms with Gasteiger partial charge in [0.25, 0.3) is 0 Å². The first kappa shape index (κ1) is 20.0. The van der Waals surface area contributed by atoms with Crippen LogP contribution in [0.15, 0.2) is 0 Å². The van der Waals surface area contributed by atoms with Crippen molar-refractivity contribution in [3.63, 3.8) is 0 Å². The maximum Gasteiger partial charge on any atom is 0.397 e. The van der Waals surface area contributed by atoms with Crippen molar-refractivity contribution in [3.8, 4) is 0 Å². The molecule has 1 fully saturated rings. The molecule has 7 atom stereocenters. The van der Waals surface area contributed by atoms with Crippen molar-refractivity contribution >= 4 is 21.3 Å². The van der Waals surface area contributed by atoms with Gasteiger partial charge in [0, 0.05) is 10.9 Å². The van der Waals surface area contributed by atoms with Crippen molar-refractivity contribution in [2.24, 2.45) is 0 Å². The average molecular weight is 365 g/mol. The fourth-order valence-corrected chi connectivity index (χ4v) is 5.45. The first-order valence-corrected chi connectivity index (χ1v) is 9.35. The van der Waals surface area contributed by atoms with Crippen molar-refractivity contribution in [3.05, 3.63) is 0 Å². The Hall–Kier alpha value is -0.0200. The molecule has 7 N–H and O–H groups in total. The Balaban J connectivity index is 2.80. The Morgan fingerprint density at radius 3 is 2.23 bits per heavy atom. The minimum Gasteiger partial charge on any atom is -0.394 e. The molecule has 0 unspecified atom stereocenters. The fraction of sp³-hybridized carbons (Fsp3) is 1.00. The monoisotopic (exact) mass is 365 g/mol. The lowest BCUT2D eigenvalue weighted by Gasteiger charge is -2.24. The van der Waals surface area contributed by atoms with E-state index in [1.54, 1.807) is 0 Å². The Kier molecular flexibility index (Phi) is 7.45. The zero-order valence-corrected chi connectivity index (χ0v) is 13.1. The minimum absolute atomic E-state index is 0.0806. The van der Waals surface area contributed by atoms with E-state index in [2.05, 4.69) is 4.18 Å². The van der Waals surface area contributed by atoms with Crippen LogP contribution in [0, 0.1) is 0 Å². The molecule has 0 radical (unpaired) electrons. The first-order valence-electron chi connectivity index (χ1n) is 6.36. The highest BCUT2D eigenvalue weighted by Gasteiger charge is 2.51. The van der Waals surface area contributed by atoms with Crippen LogP contribution in [0.25, 0.3) is 0 Å². The second-order valence-corrected chi connectivity index (χ2v) is 8.35. The van der Waals surface area contributed by atoms with Crippen LogP contribution in [0.2, 0.25) is 0 Å². The molecule has 0 bridgehead atoms. The van der Waals surface area contributed by atoms with Crippen LogP contribution < -0.4 is 0 Å². The van der Waals surface area contributed by atoms with Crippen molar-refractivity contribution < 1.29 is 47.8 Å². The second-order valence-electron chi connectivity index (χ2n) is 4.96. The third kappa shape index (κ3) is 5.26. The van der Waals surface area contributed by atoms with Crippen molar-refractivity contribution in [1.29, 1.82) is 0 Å². The highest BCUT2D eigenvalue weighted by atomic mass is 32.3. The largest absolute Gasteiger partial charge is 0.397 e. The van der Waals surface area contributed by atoms with E-state index >= 15 is 0 Å². The zero-order valence-electron chi connectivity index (χ0n) is 11.5. The van der Waals surface area contributed by atoms with Gasteiger partial charge in [-0.15, -0.1) is 0 Å². The predicted molar refractivity (Wildman–Crippen MR) is 75.5 cm³/mol. The van der Waals surface area contributed by atoms with E-state index in [0.717, 1.165) is 0 Å². The molecule has 22 heavy (non-hydrogen) atoms. The summed E-state index contributed by atoms with van der Waals surface area (Å²) in [6.45, 7) is -1.36. The summed E-state index contributed by atoms with van der Waals surface area (Å²) >= 11 is 0. The van der Waals surface area contributed by atoms with Crippen LogP contribution in [-0.4, -0.2) is 104 Å². The summed E-state index contributed by atoms with van der Waals surface area (Å²) in [5, 5.41) is 56.1. The van der Waals surface area contributed by atoms with E-state index < -0.39 is 70.3 Å². The smallest absolute Gasteiger partial charge is 0.394 e. The molecular weight excluding hydrogens is 344 g/mol. The normalized spacial score (nSPS) is 33.6. The maximum atomic E-state index is 10.7. The molecule has 1 aliphatic rings. The van der Waals surface area contributed by atoms with Gasteiger partial charge in [-0.05, 0) is 0 Å². The zero-order chi connectivity index (χ0) is 17.1. The SMILES string of the molecule is O=S(=O)(O)O[C@@H]([C@H](O)C[S@+]1C[C@@H](O)[C@H](O)[C@H]1CO)[C@@H](O)CO. The number of rotatable bonds is 8. The van der Waals surface area contributed by atoms with Gasteiger partial charge in [-0.25, -0.2) is 4.18 Å². The van der Waals surface area contributed by atoms with E-state index in [1.165, 1.54) is 0 Å². The third-order valence-corrected chi connectivity index (χ3v) is 6.62. The molecule has 1 saturated heterocycles. The van der Waals surface area contributed by atoms with Crippen LogP contribution in [0.4, 0.5) is 0 Å². The highest BCUT2D eigenvalue weighted by molar-refractivity contribution is 7.97. The molecule has 0 aliphatic carbocycles. The maximum absolute atomic E-state index is 10.7. The molecule has 0 aromatic rings. The van der Waals surface area contributed by atoms with Crippen LogP contribution >= 0.6 is 0 Å². The summed E-state index contributed by atoms with van der Waals surface area (Å²) in [7, 11) is -5.85. The topological polar surface area (TPSA) is 185 Å². The van der Waals surface area contributed by atoms with Gasteiger partial charge in [-0.3, -0.25) is 4.55 Å². The van der Waals surface area contributed by atoms with E-state index in [4.69, 9.17) is 9.66 Å². The Bertz CT molecular complexity index is 443. The Morgan fingerprint density at radius 2 is 1.77 bits per heavy atom. The molecular formula is C10H21O10S2+. The third-order valence-electron chi connectivity index (χ3n) is 3.33. The number of aliphatic hydroxyl groups is 6. The molecule has 0 aromatic carbocycles. The van der Waals surface area contributed by atoms with Gasteiger partial charge in [-0.1, -0.05) is 0 Å². The van der Waals surface area contributed by atoms with Crippen LogP contribution in [0.3, 0.4) is 0 Å². The van der Waals surface area contributed by atoms with E-state index in [-0.39, 0.29) is 11.5 Å². The van der Waals surface area contributed by atoms with Gasteiger partial charge in [0.15, 0.2) is 5.25 Å². The van der Waals surface area contributed by atoms with Crippen molar-refractivity contribution in [1.82, 2.24) is 0 Å². The number of hydrogen-bond donors (Lipinski definition) is 7. The van der Waals surface area contributed by atoms with Crippen molar-refractivity contribution in [2.45, 2.75) is 35.8 Å². The lowest BCUT2D eigenvalue weighted by Crippen LogP contribution is -2.47. The summed E-state index contributed by atoms with van der Waals surface area (Å²) in [6, 6.07) is 0. The molecule has 10 nitrogen and oxygen atoms in total. The summed E-state index contributed by atoms with van der Waals surface area (Å²) in [4.78, 5) is 0. The van der Waals surface area contributed by atoms with Gasteiger partial charge < -0.3 is 30.6 Å². The van der Waals surface area contributed by atoms with Gasteiger partial charge in [-0.2, -0.15) is 8.42 Å². The van der Waals surface area contributed by atoms with Crippen LogP contribution in [0.5, 0.6) is 0 Å². The second kappa shape index (κ2) is 8.19. The molecule has 0 spiro atoms. The summed E-state index contributed by atoms with van der Waals surface area (Å²) in [5.41, 5.74) is 0. The molecule has 0 amide bonds. The van der Waals surface area contributed by atoms with Crippen molar-refractivity contribution in [2.75, 3.05) is 24.7 Å². The Labute approximate surface area is 130 Å². The molecule has 0 aromatic heterocycles. The molecule has 12 heteroatoms. The quantitative estimate of drug-likeness (QED) is 0.164. The standard InChI is InChI=1S/C10H20O10S2/c11-1-5(13)10(20-22(17,18)19)7(15)4-21-3-6(14)9(16)8(21)2-12/h5-16H,1-4H2/p+1/t5-,6+,7+,8+,9-,10+,21-/m0/s1. The number of hydrogen-bond acceptors (Lipinski definition) is 9. The summed E-state index contributed by atoms with van der Waals surface area (Å²) < 4.78 is 34.3. The average Bonchev–Trinajstić information content (AvgIpc) is 2.68. The van der Waals surface area contributed by atoms with E-state index in [9.17, 15) is 34.0 Å². The Morgan fingerprint density at radius 1 is 1.18 bits per heavy atom. The fourth-order valence-electron chi connectivity index (χ4n) is 2.23. The number of aliphatic hydroxyl groups excluding tert-OH is 6. The first-order chi connectivity index (χ1) is 10.1. The molecule has 1 heterocycles. The molecule has 132 valence electrons. The highest BCUT2D eigenvalue weighted by Crippen LogP contribution is 2.25. The van der Waals surface area contributed by atoms with E-state index in [1.807, 2.05) is 0 Å². The lowest BCUT2D eigenvalue weighted by molar-refractivity contribution is -0.0563. The van der Waals surface area contributed by atoms with E-state index in [0.29, 0.717) is 0 Å². The molecule has 1 aliphatic heterocycles. The summed E-state index contributed by atoms with van der Waals surface area (Å²) in [6.07, 6.45) is -7.47. The lowest BCUT2D eigenvalue weighted by atomic mass is 10.1. The summed E-state index contributed by atoms with van der Waals surface area (Å²) in [5.74, 6) is -0.117.